The Hall–Kier alpha value is -2.15. The first-order chi connectivity index (χ1) is 10.9. The molecule has 0 bridgehead atoms. The molecule has 0 aliphatic heterocycles. The highest BCUT2D eigenvalue weighted by Crippen LogP contribution is 2.13. The van der Waals surface area contributed by atoms with Crippen molar-refractivity contribution >= 4 is 15.7 Å². The summed E-state index contributed by atoms with van der Waals surface area (Å²) in [6.45, 7) is 4.54. The lowest BCUT2D eigenvalue weighted by Gasteiger charge is -2.15. The van der Waals surface area contributed by atoms with E-state index in [1.807, 2.05) is 19.9 Å². The molecule has 6 nitrogen and oxygen atoms in total. The zero-order valence-electron chi connectivity index (χ0n) is 13.3. The van der Waals surface area contributed by atoms with Crippen molar-refractivity contribution in [3.8, 4) is 0 Å². The Labute approximate surface area is 136 Å². The summed E-state index contributed by atoms with van der Waals surface area (Å²) in [4.78, 5) is 12.3. The zero-order valence-corrected chi connectivity index (χ0v) is 14.1. The number of nitrogens with one attached hydrogen (secondary N) is 1. The molecule has 2 aromatic rings. The number of nitrogens with zero attached hydrogens (tertiary/aromatic N) is 2. The van der Waals surface area contributed by atoms with Gasteiger partial charge in [-0.1, -0.05) is 18.2 Å². The van der Waals surface area contributed by atoms with Crippen LogP contribution in [0, 0.1) is 0 Å². The maximum atomic E-state index is 12.2. The van der Waals surface area contributed by atoms with Gasteiger partial charge in [0.25, 0.3) is 0 Å². The number of aryl methyl sites for hydroxylation is 1. The molecule has 1 amide bonds. The van der Waals surface area contributed by atoms with Crippen LogP contribution in [0.5, 0.6) is 0 Å². The summed E-state index contributed by atoms with van der Waals surface area (Å²) < 4.78 is 26.1. The Bertz CT molecular complexity index is 754. The molecular weight excluding hydrogens is 314 g/mol. The van der Waals surface area contributed by atoms with E-state index in [1.54, 1.807) is 29.1 Å². The largest absolute Gasteiger partial charge is 0.348 e. The minimum atomic E-state index is -3.44. The third-order valence-electron chi connectivity index (χ3n) is 3.57. The minimum Gasteiger partial charge on any atom is -0.348 e. The summed E-state index contributed by atoms with van der Waals surface area (Å²) in [7, 11) is -3.44. The number of carbonyl (C=O) groups excluding carboxylic acids is 1. The Balaban J connectivity index is 1.93. The summed E-state index contributed by atoms with van der Waals surface area (Å²) >= 11 is 0. The Morgan fingerprint density at radius 2 is 1.96 bits per heavy atom. The van der Waals surface area contributed by atoms with Crippen LogP contribution in [-0.4, -0.2) is 29.9 Å². The first-order valence-corrected chi connectivity index (χ1v) is 9.18. The predicted octanol–water partition coefficient (Wildman–Crippen LogP) is 1.94. The van der Waals surface area contributed by atoms with E-state index >= 15 is 0 Å². The first kappa shape index (κ1) is 17.2. The number of hydrogen-bond acceptors (Lipinski definition) is 4. The van der Waals surface area contributed by atoms with Crippen molar-refractivity contribution in [2.45, 2.75) is 37.8 Å². The van der Waals surface area contributed by atoms with Gasteiger partial charge < -0.3 is 5.32 Å². The highest BCUT2D eigenvalue weighted by molar-refractivity contribution is 7.91. The molecule has 2 rings (SSSR count). The number of carbonyl (C=O) groups is 1. The fourth-order valence-corrected chi connectivity index (χ4v) is 3.60. The molecule has 0 fully saturated rings. The normalized spacial score (nSPS) is 12.8. The van der Waals surface area contributed by atoms with Crippen molar-refractivity contribution in [2.75, 3.05) is 5.75 Å². The van der Waals surface area contributed by atoms with E-state index in [4.69, 9.17) is 0 Å². The van der Waals surface area contributed by atoms with Gasteiger partial charge in [-0.2, -0.15) is 5.10 Å². The summed E-state index contributed by atoms with van der Waals surface area (Å²) in [5.74, 6) is -0.497. The van der Waals surface area contributed by atoms with Crippen LogP contribution in [0.25, 0.3) is 0 Å². The van der Waals surface area contributed by atoms with Crippen molar-refractivity contribution < 1.29 is 13.2 Å². The van der Waals surface area contributed by atoms with Gasteiger partial charge in [-0.05, 0) is 32.0 Å². The number of sulfone groups is 1. The molecule has 1 heterocycles. The average Bonchev–Trinajstić information content (AvgIpc) is 3.02. The lowest BCUT2D eigenvalue weighted by molar-refractivity contribution is -0.121. The quantitative estimate of drug-likeness (QED) is 0.838. The molecule has 7 heteroatoms. The molecule has 0 aliphatic carbocycles. The summed E-state index contributed by atoms with van der Waals surface area (Å²) in [5, 5.41) is 6.97. The smallest absolute Gasteiger partial charge is 0.221 e. The molecule has 23 heavy (non-hydrogen) atoms. The molecular formula is C16H21N3O3S. The summed E-state index contributed by atoms with van der Waals surface area (Å²) in [6, 6.07) is 9.79. The second kappa shape index (κ2) is 7.41. The molecule has 1 atom stereocenters. The van der Waals surface area contributed by atoms with Crippen LogP contribution >= 0.6 is 0 Å². The SMILES string of the molecule is CCn1nccc1[C@H](C)NC(=O)CCS(=O)(=O)c1ccccc1. The molecule has 1 aromatic heterocycles. The van der Waals surface area contributed by atoms with Crippen molar-refractivity contribution in [2.24, 2.45) is 0 Å². The van der Waals surface area contributed by atoms with Crippen molar-refractivity contribution in [1.82, 2.24) is 15.1 Å². The second-order valence-electron chi connectivity index (χ2n) is 5.24. The van der Waals surface area contributed by atoms with Crippen molar-refractivity contribution in [1.29, 1.82) is 0 Å². The number of rotatable bonds is 7. The van der Waals surface area contributed by atoms with Crippen LogP contribution in [0.15, 0.2) is 47.5 Å². The number of hydrogen-bond donors (Lipinski definition) is 1. The van der Waals surface area contributed by atoms with E-state index in [1.165, 1.54) is 12.1 Å². The minimum absolute atomic E-state index is 0.0676. The topological polar surface area (TPSA) is 81.1 Å². The van der Waals surface area contributed by atoms with Crippen LogP contribution < -0.4 is 5.32 Å². The van der Waals surface area contributed by atoms with Gasteiger partial charge in [0.05, 0.1) is 22.4 Å². The van der Waals surface area contributed by atoms with E-state index in [-0.39, 0.29) is 29.0 Å². The third kappa shape index (κ3) is 4.41. The van der Waals surface area contributed by atoms with E-state index in [0.717, 1.165) is 5.69 Å². The standard InChI is InChI=1S/C16H21N3O3S/c1-3-19-15(9-11-17-19)13(2)18-16(20)10-12-23(21,22)14-7-5-4-6-8-14/h4-9,11,13H,3,10,12H2,1-2H3,(H,18,20)/t13-/m0/s1. The molecule has 0 aliphatic rings. The van der Waals surface area contributed by atoms with Gasteiger partial charge >= 0.3 is 0 Å². The molecule has 1 aromatic carbocycles. The summed E-state index contributed by atoms with van der Waals surface area (Å²) in [6.07, 6.45) is 1.61. The second-order valence-corrected chi connectivity index (χ2v) is 7.35. The molecule has 0 radical (unpaired) electrons. The number of amides is 1. The Morgan fingerprint density at radius 3 is 2.61 bits per heavy atom. The van der Waals surface area contributed by atoms with E-state index in [9.17, 15) is 13.2 Å². The Kier molecular flexibility index (Phi) is 5.54. The maximum absolute atomic E-state index is 12.2. The van der Waals surface area contributed by atoms with Gasteiger partial charge in [0, 0.05) is 19.2 Å². The predicted molar refractivity (Wildman–Crippen MR) is 87.6 cm³/mol. The monoisotopic (exact) mass is 335 g/mol. The zero-order chi connectivity index (χ0) is 16.9. The van der Waals surface area contributed by atoms with Crippen LogP contribution in [-0.2, 0) is 21.2 Å². The van der Waals surface area contributed by atoms with Gasteiger partial charge in [0.1, 0.15) is 0 Å². The van der Waals surface area contributed by atoms with Crippen molar-refractivity contribution in [3.05, 3.63) is 48.3 Å². The lowest BCUT2D eigenvalue weighted by Crippen LogP contribution is -2.29. The number of benzene rings is 1. The van der Waals surface area contributed by atoms with Gasteiger partial charge in [-0.3, -0.25) is 9.48 Å². The maximum Gasteiger partial charge on any atom is 0.221 e. The fraction of sp³-hybridized carbons (Fsp3) is 0.375. The average molecular weight is 335 g/mol. The van der Waals surface area contributed by atoms with Gasteiger partial charge in [0.2, 0.25) is 5.91 Å². The van der Waals surface area contributed by atoms with Crippen molar-refractivity contribution in [3.63, 3.8) is 0 Å². The highest BCUT2D eigenvalue weighted by atomic mass is 32.2. The summed E-state index contributed by atoms with van der Waals surface area (Å²) in [5.41, 5.74) is 0.895. The molecule has 0 saturated heterocycles. The van der Waals surface area contributed by atoms with E-state index in [2.05, 4.69) is 10.4 Å². The third-order valence-corrected chi connectivity index (χ3v) is 5.30. The number of aromatic nitrogens is 2. The molecule has 0 spiro atoms. The molecule has 1 N–H and O–H groups in total. The Morgan fingerprint density at radius 1 is 1.26 bits per heavy atom. The fourth-order valence-electron chi connectivity index (χ4n) is 2.34. The van der Waals surface area contributed by atoms with Crippen LogP contribution in [0.4, 0.5) is 0 Å². The van der Waals surface area contributed by atoms with Crippen LogP contribution in [0.3, 0.4) is 0 Å². The van der Waals surface area contributed by atoms with Crippen LogP contribution in [0.2, 0.25) is 0 Å². The van der Waals surface area contributed by atoms with E-state index < -0.39 is 9.84 Å². The first-order valence-electron chi connectivity index (χ1n) is 7.53. The van der Waals surface area contributed by atoms with Gasteiger partial charge in [-0.15, -0.1) is 0 Å². The molecule has 0 unspecified atom stereocenters. The highest BCUT2D eigenvalue weighted by Gasteiger charge is 2.18. The van der Waals surface area contributed by atoms with E-state index in [0.29, 0.717) is 6.54 Å². The molecule has 0 saturated carbocycles. The van der Waals surface area contributed by atoms with Gasteiger partial charge in [-0.25, -0.2) is 8.42 Å². The van der Waals surface area contributed by atoms with Gasteiger partial charge in [0.15, 0.2) is 9.84 Å². The van der Waals surface area contributed by atoms with Crippen LogP contribution in [0.1, 0.15) is 32.0 Å². The lowest BCUT2D eigenvalue weighted by atomic mass is 10.2. The molecule has 124 valence electrons.